The number of halogens is 1. The number of hydrogen-bond donors (Lipinski definition) is 1. The molecule has 1 aromatic rings. The number of benzene rings is 1. The van der Waals surface area contributed by atoms with Crippen molar-refractivity contribution in [3.05, 3.63) is 52.3 Å². The lowest BCUT2D eigenvalue weighted by Gasteiger charge is -2.10. The maximum absolute atomic E-state index is 11.0. The standard InChI is InChI=1S/C13H11ClO2/c14-11-4-1-9(2-5-11)7-10-3-6-12(15)8-13(10)16/h1-2,4-5,7-8,16H,3,6H2/b10-7-. The molecule has 0 atom stereocenters. The summed E-state index contributed by atoms with van der Waals surface area (Å²) in [6.07, 6.45) is 4.20. The molecule has 2 nitrogen and oxygen atoms in total. The third-order valence-corrected chi connectivity index (χ3v) is 2.73. The van der Waals surface area contributed by atoms with Gasteiger partial charge in [-0.2, -0.15) is 0 Å². The van der Waals surface area contributed by atoms with Gasteiger partial charge in [0, 0.05) is 17.5 Å². The molecule has 1 N–H and O–H groups in total. The van der Waals surface area contributed by atoms with Gasteiger partial charge in [0.25, 0.3) is 0 Å². The second-order valence-electron chi connectivity index (χ2n) is 3.72. The number of aliphatic hydroxyl groups excluding tert-OH is 1. The Kier molecular flexibility index (Phi) is 3.11. The molecule has 1 aliphatic carbocycles. The van der Waals surface area contributed by atoms with Gasteiger partial charge < -0.3 is 5.11 Å². The van der Waals surface area contributed by atoms with E-state index in [2.05, 4.69) is 0 Å². The summed E-state index contributed by atoms with van der Waals surface area (Å²) in [6, 6.07) is 7.34. The van der Waals surface area contributed by atoms with Gasteiger partial charge in [0.05, 0.1) is 0 Å². The minimum Gasteiger partial charge on any atom is -0.508 e. The van der Waals surface area contributed by atoms with Gasteiger partial charge in [0.1, 0.15) is 5.76 Å². The van der Waals surface area contributed by atoms with E-state index in [9.17, 15) is 9.90 Å². The number of allylic oxidation sites excluding steroid dienone is 2. The predicted octanol–water partition coefficient (Wildman–Crippen LogP) is 3.53. The van der Waals surface area contributed by atoms with Crippen molar-refractivity contribution >= 4 is 23.5 Å². The van der Waals surface area contributed by atoms with Gasteiger partial charge >= 0.3 is 0 Å². The first kappa shape index (κ1) is 11.0. The summed E-state index contributed by atoms with van der Waals surface area (Å²) < 4.78 is 0. The number of aliphatic hydroxyl groups is 1. The van der Waals surface area contributed by atoms with Crippen LogP contribution in [-0.4, -0.2) is 10.9 Å². The van der Waals surface area contributed by atoms with Gasteiger partial charge in [-0.3, -0.25) is 4.79 Å². The van der Waals surface area contributed by atoms with Crippen molar-refractivity contribution in [1.29, 1.82) is 0 Å². The molecule has 0 heterocycles. The zero-order valence-electron chi connectivity index (χ0n) is 8.61. The van der Waals surface area contributed by atoms with Crippen molar-refractivity contribution < 1.29 is 9.90 Å². The Morgan fingerprint density at radius 2 is 1.88 bits per heavy atom. The number of carbonyl (C=O) groups is 1. The lowest BCUT2D eigenvalue weighted by atomic mass is 9.97. The molecule has 0 unspecified atom stereocenters. The topological polar surface area (TPSA) is 37.3 Å². The first-order valence-corrected chi connectivity index (χ1v) is 5.43. The molecule has 0 aromatic heterocycles. The molecule has 0 fully saturated rings. The van der Waals surface area contributed by atoms with Crippen molar-refractivity contribution in [3.63, 3.8) is 0 Å². The molecular weight excluding hydrogens is 224 g/mol. The Bertz CT molecular complexity index is 469. The van der Waals surface area contributed by atoms with Gasteiger partial charge in [-0.25, -0.2) is 0 Å². The molecular formula is C13H11ClO2. The van der Waals surface area contributed by atoms with Gasteiger partial charge in [-0.15, -0.1) is 0 Å². The minimum absolute atomic E-state index is 0.0224. The van der Waals surface area contributed by atoms with E-state index in [1.54, 1.807) is 12.1 Å². The van der Waals surface area contributed by atoms with Crippen molar-refractivity contribution in [2.75, 3.05) is 0 Å². The fourth-order valence-corrected chi connectivity index (χ4v) is 1.74. The number of ketones is 1. The molecule has 0 aliphatic heterocycles. The zero-order chi connectivity index (χ0) is 11.5. The van der Waals surface area contributed by atoms with Crippen LogP contribution in [0.15, 0.2) is 41.7 Å². The van der Waals surface area contributed by atoms with Crippen LogP contribution in [0.25, 0.3) is 6.08 Å². The summed E-state index contributed by atoms with van der Waals surface area (Å²) >= 11 is 5.78. The third kappa shape index (κ3) is 2.52. The highest BCUT2D eigenvalue weighted by Gasteiger charge is 2.13. The molecule has 1 aliphatic rings. The van der Waals surface area contributed by atoms with Gasteiger partial charge in [-0.05, 0) is 35.8 Å². The Labute approximate surface area is 98.9 Å². The quantitative estimate of drug-likeness (QED) is 0.807. The van der Waals surface area contributed by atoms with Crippen molar-refractivity contribution in [3.8, 4) is 0 Å². The van der Waals surface area contributed by atoms with E-state index in [0.717, 1.165) is 11.1 Å². The Morgan fingerprint density at radius 1 is 1.19 bits per heavy atom. The summed E-state index contributed by atoms with van der Waals surface area (Å²) in [5.74, 6) is 0.0527. The molecule has 0 radical (unpaired) electrons. The van der Waals surface area contributed by atoms with E-state index < -0.39 is 0 Å². The zero-order valence-corrected chi connectivity index (χ0v) is 9.37. The second kappa shape index (κ2) is 4.54. The van der Waals surface area contributed by atoms with Crippen LogP contribution in [0.3, 0.4) is 0 Å². The molecule has 0 bridgehead atoms. The molecule has 0 saturated heterocycles. The highest BCUT2D eigenvalue weighted by molar-refractivity contribution is 6.30. The van der Waals surface area contributed by atoms with Crippen LogP contribution >= 0.6 is 11.6 Å². The van der Waals surface area contributed by atoms with Crippen LogP contribution in [0.4, 0.5) is 0 Å². The fourth-order valence-electron chi connectivity index (χ4n) is 1.61. The van der Waals surface area contributed by atoms with E-state index in [1.165, 1.54) is 6.08 Å². The normalized spacial score (nSPS) is 18.7. The van der Waals surface area contributed by atoms with Crippen LogP contribution in [0.5, 0.6) is 0 Å². The predicted molar refractivity (Wildman–Crippen MR) is 64.4 cm³/mol. The largest absolute Gasteiger partial charge is 0.508 e. The molecule has 0 saturated carbocycles. The Morgan fingerprint density at radius 3 is 2.50 bits per heavy atom. The summed E-state index contributed by atoms with van der Waals surface area (Å²) in [5, 5.41) is 10.3. The molecule has 3 heteroatoms. The molecule has 82 valence electrons. The van der Waals surface area contributed by atoms with Crippen LogP contribution in [-0.2, 0) is 4.79 Å². The van der Waals surface area contributed by atoms with Crippen LogP contribution in [0, 0.1) is 0 Å². The smallest absolute Gasteiger partial charge is 0.159 e. The number of rotatable bonds is 1. The van der Waals surface area contributed by atoms with Crippen LogP contribution in [0.2, 0.25) is 5.02 Å². The molecule has 0 spiro atoms. The van der Waals surface area contributed by atoms with E-state index in [-0.39, 0.29) is 11.5 Å². The van der Waals surface area contributed by atoms with Crippen LogP contribution in [0.1, 0.15) is 18.4 Å². The van der Waals surface area contributed by atoms with E-state index in [1.807, 2.05) is 18.2 Å². The minimum atomic E-state index is -0.0224. The molecule has 0 amide bonds. The van der Waals surface area contributed by atoms with Gasteiger partial charge in [0.15, 0.2) is 5.78 Å². The van der Waals surface area contributed by atoms with Gasteiger partial charge in [-0.1, -0.05) is 23.7 Å². The maximum Gasteiger partial charge on any atom is 0.159 e. The van der Waals surface area contributed by atoms with E-state index in [0.29, 0.717) is 17.9 Å². The van der Waals surface area contributed by atoms with E-state index in [4.69, 9.17) is 11.6 Å². The Hall–Kier alpha value is -1.54. The molecule has 16 heavy (non-hydrogen) atoms. The Balaban J connectivity index is 2.28. The van der Waals surface area contributed by atoms with Crippen molar-refractivity contribution in [2.45, 2.75) is 12.8 Å². The fraction of sp³-hybridized carbons (Fsp3) is 0.154. The average Bonchev–Trinajstić information content (AvgIpc) is 2.25. The first-order chi connectivity index (χ1) is 7.65. The van der Waals surface area contributed by atoms with E-state index >= 15 is 0 Å². The summed E-state index contributed by atoms with van der Waals surface area (Å²) in [4.78, 5) is 11.0. The molecule has 2 rings (SSSR count). The lowest BCUT2D eigenvalue weighted by molar-refractivity contribution is -0.114. The first-order valence-electron chi connectivity index (χ1n) is 5.05. The summed E-state index contributed by atoms with van der Waals surface area (Å²) in [5.41, 5.74) is 1.76. The average molecular weight is 235 g/mol. The maximum atomic E-state index is 11.0. The van der Waals surface area contributed by atoms with Gasteiger partial charge in [0.2, 0.25) is 0 Å². The SMILES string of the molecule is O=C1C=C(O)/C(=C\c2ccc(Cl)cc2)CC1. The van der Waals surface area contributed by atoms with Crippen molar-refractivity contribution in [2.24, 2.45) is 0 Å². The number of carbonyl (C=O) groups excluding carboxylic acids is 1. The van der Waals surface area contributed by atoms with Crippen LogP contribution < -0.4 is 0 Å². The van der Waals surface area contributed by atoms with Crippen molar-refractivity contribution in [1.82, 2.24) is 0 Å². The monoisotopic (exact) mass is 234 g/mol. The highest BCUT2D eigenvalue weighted by Crippen LogP contribution is 2.23. The second-order valence-corrected chi connectivity index (χ2v) is 4.15. The lowest BCUT2D eigenvalue weighted by Crippen LogP contribution is -2.05. The third-order valence-electron chi connectivity index (χ3n) is 2.48. The highest BCUT2D eigenvalue weighted by atomic mass is 35.5. The number of hydrogen-bond acceptors (Lipinski definition) is 2. The summed E-state index contributed by atoms with van der Waals surface area (Å²) in [7, 11) is 0. The molecule has 1 aromatic carbocycles. The summed E-state index contributed by atoms with van der Waals surface area (Å²) in [6.45, 7) is 0.